The third-order valence-electron chi connectivity index (χ3n) is 3.64. The summed E-state index contributed by atoms with van der Waals surface area (Å²) >= 11 is 0. The van der Waals surface area contributed by atoms with Crippen molar-refractivity contribution in [2.75, 3.05) is 25.5 Å². The lowest BCUT2D eigenvalue weighted by atomic mass is 10.2. The molecule has 0 aliphatic carbocycles. The molecule has 2 rings (SSSR count). The Bertz CT molecular complexity index is 735. The van der Waals surface area contributed by atoms with Crippen LogP contribution in [0.5, 0.6) is 0 Å². The van der Waals surface area contributed by atoms with E-state index in [0.717, 1.165) is 23.4 Å². The van der Waals surface area contributed by atoms with Gasteiger partial charge in [0, 0.05) is 38.4 Å². The molecular weight excluding hydrogens is 449 g/mol. The Morgan fingerprint density at radius 1 is 1.08 bits per heavy atom. The third kappa shape index (κ3) is 6.78. The standard InChI is InChI=1S/C19H24F2N4.HI/c1-4-22-19(24-13-15-11-16(20)8-9-18(15)21)23-12-14-6-5-7-17(10-14)25(2)3;/h5-11H,4,12-13H2,1-3H3,(H2,22,23,24);1H. The number of aliphatic imine (C=N–C) groups is 1. The summed E-state index contributed by atoms with van der Waals surface area (Å²) in [5.74, 6) is -0.342. The maximum atomic E-state index is 13.7. The zero-order valence-corrected chi connectivity index (χ0v) is 17.6. The number of rotatable bonds is 6. The summed E-state index contributed by atoms with van der Waals surface area (Å²) < 4.78 is 27.0. The Morgan fingerprint density at radius 2 is 1.85 bits per heavy atom. The number of benzene rings is 2. The summed E-state index contributed by atoms with van der Waals surface area (Å²) in [6.07, 6.45) is 0. The molecule has 2 N–H and O–H groups in total. The lowest BCUT2D eigenvalue weighted by molar-refractivity contribution is 0.581. The molecule has 2 aromatic rings. The highest BCUT2D eigenvalue weighted by Crippen LogP contribution is 2.14. The number of guanidine groups is 1. The van der Waals surface area contributed by atoms with Crippen LogP contribution < -0.4 is 15.5 Å². The first-order valence-corrected chi connectivity index (χ1v) is 8.22. The van der Waals surface area contributed by atoms with Gasteiger partial charge in [-0.3, -0.25) is 0 Å². The van der Waals surface area contributed by atoms with Crippen molar-refractivity contribution in [3.8, 4) is 0 Å². The van der Waals surface area contributed by atoms with Crippen LogP contribution in [0.1, 0.15) is 18.1 Å². The van der Waals surface area contributed by atoms with Crippen LogP contribution in [0.2, 0.25) is 0 Å². The van der Waals surface area contributed by atoms with Crippen molar-refractivity contribution in [3.63, 3.8) is 0 Å². The summed E-state index contributed by atoms with van der Waals surface area (Å²) in [5.41, 5.74) is 2.44. The van der Waals surface area contributed by atoms with Crippen molar-refractivity contribution in [2.45, 2.75) is 20.0 Å². The average Bonchev–Trinajstić information content (AvgIpc) is 2.60. The number of hydrogen-bond donors (Lipinski definition) is 2. The summed E-state index contributed by atoms with van der Waals surface area (Å²) in [5, 5.41) is 6.14. The molecule has 0 radical (unpaired) electrons. The molecule has 0 aliphatic heterocycles. The van der Waals surface area contributed by atoms with E-state index in [1.54, 1.807) is 0 Å². The second kappa shape index (κ2) is 10.9. The van der Waals surface area contributed by atoms with Gasteiger partial charge in [0.2, 0.25) is 0 Å². The van der Waals surface area contributed by atoms with Gasteiger partial charge in [0.25, 0.3) is 0 Å². The number of nitrogens with zero attached hydrogens (tertiary/aromatic N) is 2. The SMILES string of the molecule is CCNC(=NCc1cccc(N(C)C)c1)NCc1cc(F)ccc1F.I. The van der Waals surface area contributed by atoms with Gasteiger partial charge in [-0.05, 0) is 42.8 Å². The quantitative estimate of drug-likeness (QED) is 0.379. The van der Waals surface area contributed by atoms with E-state index in [-0.39, 0.29) is 36.1 Å². The molecule has 26 heavy (non-hydrogen) atoms. The van der Waals surface area contributed by atoms with Gasteiger partial charge in [-0.1, -0.05) is 12.1 Å². The zero-order valence-electron chi connectivity index (χ0n) is 15.2. The fourth-order valence-corrected chi connectivity index (χ4v) is 2.30. The Balaban J connectivity index is 0.00000338. The normalized spacial score (nSPS) is 10.9. The maximum absolute atomic E-state index is 13.7. The van der Waals surface area contributed by atoms with Crippen LogP contribution >= 0.6 is 24.0 Å². The Labute approximate surface area is 170 Å². The van der Waals surface area contributed by atoms with Crippen LogP contribution in [0.3, 0.4) is 0 Å². The molecule has 142 valence electrons. The highest BCUT2D eigenvalue weighted by Gasteiger charge is 2.05. The van der Waals surface area contributed by atoms with Crippen molar-refractivity contribution >= 4 is 35.6 Å². The molecule has 0 amide bonds. The first kappa shape index (κ1) is 22.1. The molecule has 0 saturated carbocycles. The highest BCUT2D eigenvalue weighted by molar-refractivity contribution is 14.0. The predicted molar refractivity (Wildman–Crippen MR) is 114 cm³/mol. The Hall–Kier alpha value is -1.90. The lowest BCUT2D eigenvalue weighted by Crippen LogP contribution is -2.37. The van der Waals surface area contributed by atoms with Crippen molar-refractivity contribution in [2.24, 2.45) is 4.99 Å². The van der Waals surface area contributed by atoms with E-state index in [9.17, 15) is 8.78 Å². The zero-order chi connectivity index (χ0) is 18.2. The van der Waals surface area contributed by atoms with E-state index < -0.39 is 11.6 Å². The maximum Gasteiger partial charge on any atom is 0.191 e. The predicted octanol–water partition coefficient (Wildman–Crippen LogP) is 3.90. The van der Waals surface area contributed by atoms with Gasteiger partial charge in [0.1, 0.15) is 11.6 Å². The fourth-order valence-electron chi connectivity index (χ4n) is 2.30. The minimum Gasteiger partial charge on any atom is -0.378 e. The monoisotopic (exact) mass is 474 g/mol. The summed E-state index contributed by atoms with van der Waals surface area (Å²) in [4.78, 5) is 6.54. The van der Waals surface area contributed by atoms with Crippen molar-refractivity contribution < 1.29 is 8.78 Å². The van der Waals surface area contributed by atoms with Crippen LogP contribution in [0.25, 0.3) is 0 Å². The van der Waals surface area contributed by atoms with Gasteiger partial charge in [-0.25, -0.2) is 13.8 Å². The van der Waals surface area contributed by atoms with Gasteiger partial charge < -0.3 is 15.5 Å². The first-order chi connectivity index (χ1) is 12.0. The molecule has 7 heteroatoms. The minimum atomic E-state index is -0.458. The van der Waals surface area contributed by atoms with E-state index in [0.29, 0.717) is 19.0 Å². The summed E-state index contributed by atoms with van der Waals surface area (Å²) in [6.45, 7) is 3.28. The van der Waals surface area contributed by atoms with Gasteiger partial charge in [-0.15, -0.1) is 24.0 Å². The van der Waals surface area contributed by atoms with Gasteiger partial charge in [-0.2, -0.15) is 0 Å². The summed E-state index contributed by atoms with van der Waals surface area (Å²) in [7, 11) is 3.98. The van der Waals surface area contributed by atoms with Crippen molar-refractivity contribution in [3.05, 3.63) is 65.2 Å². The highest BCUT2D eigenvalue weighted by atomic mass is 127. The van der Waals surface area contributed by atoms with Crippen LogP contribution in [-0.4, -0.2) is 26.6 Å². The van der Waals surface area contributed by atoms with Crippen LogP contribution in [0.4, 0.5) is 14.5 Å². The largest absolute Gasteiger partial charge is 0.378 e. The van der Waals surface area contributed by atoms with E-state index >= 15 is 0 Å². The van der Waals surface area contributed by atoms with E-state index in [4.69, 9.17) is 0 Å². The van der Waals surface area contributed by atoms with Gasteiger partial charge in [0.15, 0.2) is 5.96 Å². The molecule has 0 fully saturated rings. The van der Waals surface area contributed by atoms with E-state index in [1.165, 1.54) is 6.07 Å². The molecule has 2 aromatic carbocycles. The molecule has 0 heterocycles. The van der Waals surface area contributed by atoms with E-state index in [1.807, 2.05) is 44.1 Å². The van der Waals surface area contributed by atoms with Crippen LogP contribution in [-0.2, 0) is 13.1 Å². The molecule has 0 saturated heterocycles. The molecule has 0 atom stereocenters. The molecule has 0 unspecified atom stereocenters. The van der Waals surface area contributed by atoms with Crippen molar-refractivity contribution in [1.29, 1.82) is 0 Å². The molecule has 0 aromatic heterocycles. The second-order valence-corrected chi connectivity index (χ2v) is 5.85. The van der Waals surface area contributed by atoms with Gasteiger partial charge in [0.05, 0.1) is 6.54 Å². The average molecular weight is 474 g/mol. The van der Waals surface area contributed by atoms with E-state index in [2.05, 4.69) is 21.7 Å². The molecule has 4 nitrogen and oxygen atoms in total. The lowest BCUT2D eigenvalue weighted by Gasteiger charge is -2.14. The topological polar surface area (TPSA) is 39.7 Å². The molecule has 0 aliphatic rings. The fraction of sp³-hybridized carbons (Fsp3) is 0.316. The smallest absolute Gasteiger partial charge is 0.191 e. The minimum absolute atomic E-state index is 0. The molecule has 0 bridgehead atoms. The Kier molecular flexibility index (Phi) is 9.32. The summed E-state index contributed by atoms with van der Waals surface area (Å²) in [6, 6.07) is 11.5. The third-order valence-corrected chi connectivity index (χ3v) is 3.64. The Morgan fingerprint density at radius 3 is 2.54 bits per heavy atom. The molecular formula is C19H25F2IN4. The number of halogens is 3. The van der Waals surface area contributed by atoms with Crippen LogP contribution in [0.15, 0.2) is 47.5 Å². The number of anilines is 1. The van der Waals surface area contributed by atoms with Gasteiger partial charge >= 0.3 is 0 Å². The number of hydrogen-bond acceptors (Lipinski definition) is 2. The molecule has 0 spiro atoms. The van der Waals surface area contributed by atoms with Crippen molar-refractivity contribution in [1.82, 2.24) is 10.6 Å². The number of nitrogens with one attached hydrogen (secondary N) is 2. The first-order valence-electron chi connectivity index (χ1n) is 8.22. The van der Waals surface area contributed by atoms with Crippen LogP contribution in [0, 0.1) is 11.6 Å². The second-order valence-electron chi connectivity index (χ2n) is 5.85.